The summed E-state index contributed by atoms with van der Waals surface area (Å²) < 4.78 is 12.8. The smallest absolute Gasteiger partial charge is 0.123 e. The molecule has 0 saturated heterocycles. The Bertz CT molecular complexity index is 355. The van der Waals surface area contributed by atoms with Crippen LogP contribution in [-0.4, -0.2) is 6.54 Å². The first-order valence-electron chi connectivity index (χ1n) is 4.47. The van der Waals surface area contributed by atoms with Crippen LogP contribution in [0.15, 0.2) is 23.8 Å². The van der Waals surface area contributed by atoms with E-state index in [9.17, 15) is 4.39 Å². The van der Waals surface area contributed by atoms with E-state index in [0.717, 1.165) is 18.4 Å². The van der Waals surface area contributed by atoms with Crippen LogP contribution < -0.4 is 5.73 Å². The summed E-state index contributed by atoms with van der Waals surface area (Å²) in [6.07, 6.45) is 3.90. The number of fused-ring (bicyclic) bond motifs is 1. The van der Waals surface area contributed by atoms with Crippen LogP contribution in [-0.2, 0) is 6.42 Å². The summed E-state index contributed by atoms with van der Waals surface area (Å²) in [7, 11) is 0. The van der Waals surface area contributed by atoms with Crippen molar-refractivity contribution in [2.45, 2.75) is 12.8 Å². The fraction of sp³-hybridized carbons (Fsp3) is 0.273. The van der Waals surface area contributed by atoms with Crippen molar-refractivity contribution in [2.24, 2.45) is 5.73 Å². The van der Waals surface area contributed by atoms with E-state index in [1.165, 1.54) is 17.2 Å². The van der Waals surface area contributed by atoms with Crippen molar-refractivity contribution in [3.8, 4) is 0 Å². The molecule has 1 nitrogen and oxygen atoms in total. The zero-order chi connectivity index (χ0) is 9.26. The minimum Gasteiger partial charge on any atom is -0.330 e. The molecule has 0 heterocycles. The van der Waals surface area contributed by atoms with Crippen molar-refractivity contribution < 1.29 is 4.39 Å². The van der Waals surface area contributed by atoms with Gasteiger partial charge in [0.1, 0.15) is 5.82 Å². The molecule has 0 saturated carbocycles. The number of hydrogen-bond donors (Lipinski definition) is 1. The van der Waals surface area contributed by atoms with E-state index in [-0.39, 0.29) is 5.82 Å². The Labute approximate surface area is 77.1 Å². The number of hydrogen-bond acceptors (Lipinski definition) is 1. The van der Waals surface area contributed by atoms with Crippen molar-refractivity contribution in [3.63, 3.8) is 0 Å². The summed E-state index contributed by atoms with van der Waals surface area (Å²) in [5.74, 6) is -0.163. The van der Waals surface area contributed by atoms with Crippen molar-refractivity contribution in [2.75, 3.05) is 6.54 Å². The second kappa shape index (κ2) is 3.30. The Morgan fingerprint density at radius 2 is 2.23 bits per heavy atom. The molecule has 1 aliphatic carbocycles. The van der Waals surface area contributed by atoms with Crippen molar-refractivity contribution in [1.29, 1.82) is 0 Å². The molecule has 0 fully saturated rings. The van der Waals surface area contributed by atoms with Crippen LogP contribution in [0.5, 0.6) is 0 Å². The third-order valence-corrected chi connectivity index (χ3v) is 2.35. The lowest BCUT2D eigenvalue weighted by atomic mass is 10.1. The molecule has 1 aliphatic rings. The second-order valence-corrected chi connectivity index (χ2v) is 3.36. The maximum atomic E-state index is 12.8. The topological polar surface area (TPSA) is 26.0 Å². The van der Waals surface area contributed by atoms with E-state index < -0.39 is 0 Å². The third kappa shape index (κ3) is 1.63. The lowest BCUT2D eigenvalue weighted by Crippen LogP contribution is -1.99. The summed E-state index contributed by atoms with van der Waals surface area (Å²) in [6, 6.07) is 4.95. The van der Waals surface area contributed by atoms with Crippen molar-refractivity contribution in [1.82, 2.24) is 0 Å². The molecule has 1 aromatic rings. The number of halogens is 1. The summed E-state index contributed by atoms with van der Waals surface area (Å²) in [6.45, 7) is 0.669. The van der Waals surface area contributed by atoms with E-state index in [4.69, 9.17) is 5.73 Å². The lowest BCUT2D eigenvalue weighted by Gasteiger charge is -1.98. The van der Waals surface area contributed by atoms with E-state index in [2.05, 4.69) is 0 Å². The molecular formula is C11H12FN. The van der Waals surface area contributed by atoms with Gasteiger partial charge in [0.15, 0.2) is 0 Å². The Balaban J connectivity index is 2.27. The third-order valence-electron chi connectivity index (χ3n) is 2.35. The van der Waals surface area contributed by atoms with Gasteiger partial charge >= 0.3 is 0 Å². The highest BCUT2D eigenvalue weighted by Crippen LogP contribution is 2.26. The lowest BCUT2D eigenvalue weighted by molar-refractivity contribution is 0.627. The fourth-order valence-electron chi connectivity index (χ4n) is 1.72. The van der Waals surface area contributed by atoms with Crippen LogP contribution in [0.2, 0.25) is 0 Å². The molecule has 0 atom stereocenters. The van der Waals surface area contributed by atoms with Gasteiger partial charge in [0.05, 0.1) is 0 Å². The molecule has 2 N–H and O–H groups in total. The molecule has 0 radical (unpaired) electrons. The normalized spacial score (nSPS) is 14.2. The number of nitrogens with two attached hydrogens (primary N) is 1. The van der Waals surface area contributed by atoms with Crippen LogP contribution >= 0.6 is 0 Å². The predicted molar refractivity (Wildman–Crippen MR) is 51.8 cm³/mol. The maximum Gasteiger partial charge on any atom is 0.123 e. The average molecular weight is 177 g/mol. The highest BCUT2D eigenvalue weighted by atomic mass is 19.1. The summed E-state index contributed by atoms with van der Waals surface area (Å²) in [5, 5.41) is 0. The van der Waals surface area contributed by atoms with Crippen LogP contribution in [0, 0.1) is 5.82 Å². The monoisotopic (exact) mass is 177 g/mol. The summed E-state index contributed by atoms with van der Waals surface area (Å²) >= 11 is 0. The Morgan fingerprint density at radius 3 is 3.00 bits per heavy atom. The molecule has 2 rings (SSSR count). The zero-order valence-electron chi connectivity index (χ0n) is 7.39. The molecule has 68 valence electrons. The standard InChI is InChI=1S/C11H12FN/c12-11-2-1-9-5-8(3-4-13)6-10(9)7-11/h1-2,6-7H,3-5,13H2. The first-order chi connectivity index (χ1) is 6.29. The van der Waals surface area contributed by atoms with Crippen LogP contribution in [0.25, 0.3) is 6.08 Å². The Kier molecular flexibility index (Phi) is 2.15. The van der Waals surface area contributed by atoms with E-state index in [1.54, 1.807) is 6.07 Å². The minimum absolute atomic E-state index is 0.163. The molecule has 0 amide bonds. The van der Waals surface area contributed by atoms with Crippen LogP contribution in [0.1, 0.15) is 17.5 Å². The summed E-state index contributed by atoms with van der Waals surface area (Å²) in [5.41, 5.74) is 9.00. The molecule has 2 heteroatoms. The van der Waals surface area contributed by atoms with Gasteiger partial charge in [-0.2, -0.15) is 0 Å². The molecule has 0 unspecified atom stereocenters. The average Bonchev–Trinajstić information content (AvgIpc) is 2.46. The van der Waals surface area contributed by atoms with Gasteiger partial charge in [-0.3, -0.25) is 0 Å². The van der Waals surface area contributed by atoms with Gasteiger partial charge in [-0.05, 0) is 42.6 Å². The van der Waals surface area contributed by atoms with Gasteiger partial charge in [-0.25, -0.2) is 4.39 Å². The number of rotatable bonds is 2. The first kappa shape index (κ1) is 8.45. The van der Waals surface area contributed by atoms with Gasteiger partial charge in [0.2, 0.25) is 0 Å². The van der Waals surface area contributed by atoms with Gasteiger partial charge in [-0.15, -0.1) is 0 Å². The molecule has 1 aromatic carbocycles. The van der Waals surface area contributed by atoms with Crippen LogP contribution in [0.4, 0.5) is 4.39 Å². The maximum absolute atomic E-state index is 12.8. The number of benzene rings is 1. The van der Waals surface area contributed by atoms with Crippen LogP contribution in [0.3, 0.4) is 0 Å². The largest absolute Gasteiger partial charge is 0.330 e. The van der Waals surface area contributed by atoms with E-state index in [1.807, 2.05) is 12.1 Å². The van der Waals surface area contributed by atoms with E-state index >= 15 is 0 Å². The molecule has 0 bridgehead atoms. The predicted octanol–water partition coefficient (Wildman–Crippen LogP) is 2.11. The molecular weight excluding hydrogens is 165 g/mol. The van der Waals surface area contributed by atoms with Gasteiger partial charge < -0.3 is 5.73 Å². The molecule has 0 spiro atoms. The Morgan fingerprint density at radius 1 is 1.38 bits per heavy atom. The second-order valence-electron chi connectivity index (χ2n) is 3.36. The minimum atomic E-state index is -0.163. The fourth-order valence-corrected chi connectivity index (χ4v) is 1.72. The quantitative estimate of drug-likeness (QED) is 0.735. The molecule has 13 heavy (non-hydrogen) atoms. The highest BCUT2D eigenvalue weighted by molar-refractivity contribution is 5.63. The molecule has 0 aromatic heterocycles. The van der Waals surface area contributed by atoms with Crippen molar-refractivity contribution in [3.05, 3.63) is 40.7 Å². The SMILES string of the molecule is NCCC1=Cc2cc(F)ccc2C1. The Hall–Kier alpha value is -1.15. The van der Waals surface area contributed by atoms with E-state index in [0.29, 0.717) is 6.54 Å². The van der Waals surface area contributed by atoms with Crippen molar-refractivity contribution >= 4 is 6.08 Å². The van der Waals surface area contributed by atoms with Gasteiger partial charge in [-0.1, -0.05) is 17.7 Å². The first-order valence-corrected chi connectivity index (χ1v) is 4.47. The molecule has 0 aliphatic heterocycles. The van der Waals surface area contributed by atoms with Gasteiger partial charge in [0, 0.05) is 0 Å². The summed E-state index contributed by atoms with van der Waals surface area (Å²) in [4.78, 5) is 0. The van der Waals surface area contributed by atoms with Gasteiger partial charge in [0.25, 0.3) is 0 Å². The highest BCUT2D eigenvalue weighted by Gasteiger charge is 2.11. The zero-order valence-corrected chi connectivity index (χ0v) is 7.39.